The van der Waals surface area contributed by atoms with Gasteiger partial charge in [-0.25, -0.2) is 4.98 Å². The van der Waals surface area contributed by atoms with Crippen molar-refractivity contribution >= 4 is 5.91 Å². The van der Waals surface area contributed by atoms with E-state index in [4.69, 9.17) is 4.74 Å². The van der Waals surface area contributed by atoms with E-state index in [1.54, 1.807) is 12.5 Å². The standard InChI is InChI=1S/C16H21N3O2/c1-2-21-15-6-4-14(5-7-15)12-16(20)18-8-3-10-19-11-9-17-13-19/h4-7,9,11,13H,2-3,8,10,12H2,1H3,(H,18,20). The third-order valence-electron chi connectivity index (χ3n) is 3.07. The first-order chi connectivity index (χ1) is 10.3. The molecule has 0 unspecified atom stereocenters. The Hall–Kier alpha value is -2.30. The highest BCUT2D eigenvalue weighted by molar-refractivity contribution is 5.78. The topological polar surface area (TPSA) is 56.1 Å². The van der Waals surface area contributed by atoms with Gasteiger partial charge < -0.3 is 14.6 Å². The second kappa shape index (κ2) is 8.09. The predicted molar refractivity (Wildman–Crippen MR) is 81.2 cm³/mol. The van der Waals surface area contributed by atoms with Crippen LogP contribution in [-0.4, -0.2) is 28.6 Å². The molecule has 0 aliphatic carbocycles. The molecule has 0 saturated carbocycles. The van der Waals surface area contributed by atoms with Gasteiger partial charge in [0, 0.05) is 25.5 Å². The van der Waals surface area contributed by atoms with Crippen LogP contribution < -0.4 is 10.1 Å². The van der Waals surface area contributed by atoms with Gasteiger partial charge in [0.2, 0.25) is 5.91 Å². The molecular formula is C16H21N3O2. The van der Waals surface area contributed by atoms with Crippen molar-refractivity contribution in [2.75, 3.05) is 13.2 Å². The van der Waals surface area contributed by atoms with E-state index in [2.05, 4.69) is 10.3 Å². The molecule has 1 N–H and O–H groups in total. The van der Waals surface area contributed by atoms with Crippen LogP contribution in [0.3, 0.4) is 0 Å². The quantitative estimate of drug-likeness (QED) is 0.756. The van der Waals surface area contributed by atoms with Gasteiger partial charge in [-0.05, 0) is 31.0 Å². The van der Waals surface area contributed by atoms with Gasteiger partial charge in [0.05, 0.1) is 19.4 Å². The largest absolute Gasteiger partial charge is 0.494 e. The van der Waals surface area contributed by atoms with E-state index in [0.717, 1.165) is 24.3 Å². The van der Waals surface area contributed by atoms with Gasteiger partial charge in [-0.2, -0.15) is 0 Å². The van der Waals surface area contributed by atoms with E-state index < -0.39 is 0 Å². The predicted octanol–water partition coefficient (Wildman–Crippen LogP) is 2.03. The van der Waals surface area contributed by atoms with Gasteiger partial charge in [0.15, 0.2) is 0 Å². The Kier molecular flexibility index (Phi) is 5.82. The summed E-state index contributed by atoms with van der Waals surface area (Å²) >= 11 is 0. The van der Waals surface area contributed by atoms with Crippen LogP contribution in [0.2, 0.25) is 0 Å². The fourth-order valence-corrected chi connectivity index (χ4v) is 2.03. The number of hydrogen-bond acceptors (Lipinski definition) is 3. The Bertz CT molecular complexity index is 535. The zero-order valence-electron chi connectivity index (χ0n) is 12.3. The fourth-order valence-electron chi connectivity index (χ4n) is 2.03. The summed E-state index contributed by atoms with van der Waals surface area (Å²) in [5.41, 5.74) is 0.991. The van der Waals surface area contributed by atoms with Crippen molar-refractivity contribution in [2.45, 2.75) is 26.3 Å². The summed E-state index contributed by atoms with van der Waals surface area (Å²) < 4.78 is 7.37. The maximum Gasteiger partial charge on any atom is 0.224 e. The monoisotopic (exact) mass is 287 g/mol. The van der Waals surface area contributed by atoms with Gasteiger partial charge >= 0.3 is 0 Å². The Morgan fingerprint density at radius 1 is 1.33 bits per heavy atom. The second-order valence-corrected chi connectivity index (χ2v) is 4.76. The molecular weight excluding hydrogens is 266 g/mol. The molecule has 0 fully saturated rings. The summed E-state index contributed by atoms with van der Waals surface area (Å²) in [5, 5.41) is 2.93. The van der Waals surface area contributed by atoms with Crippen LogP contribution >= 0.6 is 0 Å². The van der Waals surface area contributed by atoms with Crippen molar-refractivity contribution in [3.05, 3.63) is 48.5 Å². The smallest absolute Gasteiger partial charge is 0.224 e. The molecule has 112 valence electrons. The number of nitrogens with one attached hydrogen (secondary N) is 1. The number of rotatable bonds is 8. The van der Waals surface area contributed by atoms with Gasteiger partial charge in [-0.3, -0.25) is 4.79 Å². The number of nitrogens with zero attached hydrogens (tertiary/aromatic N) is 2. The third kappa shape index (κ3) is 5.30. The fraction of sp³-hybridized carbons (Fsp3) is 0.375. The lowest BCUT2D eigenvalue weighted by molar-refractivity contribution is -0.120. The Balaban J connectivity index is 1.66. The molecule has 1 heterocycles. The maximum atomic E-state index is 11.8. The summed E-state index contributed by atoms with van der Waals surface area (Å²) in [6.45, 7) is 4.14. The molecule has 0 spiro atoms. The first kappa shape index (κ1) is 15.1. The molecule has 0 aliphatic heterocycles. The van der Waals surface area contributed by atoms with Crippen LogP contribution in [0.4, 0.5) is 0 Å². The number of hydrogen-bond donors (Lipinski definition) is 1. The van der Waals surface area contributed by atoms with Crippen LogP contribution in [0.25, 0.3) is 0 Å². The molecule has 0 aliphatic rings. The second-order valence-electron chi connectivity index (χ2n) is 4.76. The molecule has 2 aromatic rings. The van der Waals surface area contributed by atoms with E-state index in [-0.39, 0.29) is 5.91 Å². The highest BCUT2D eigenvalue weighted by atomic mass is 16.5. The van der Waals surface area contributed by atoms with Crippen molar-refractivity contribution in [1.82, 2.24) is 14.9 Å². The first-order valence-electron chi connectivity index (χ1n) is 7.22. The van der Waals surface area contributed by atoms with Gasteiger partial charge in [0.25, 0.3) is 0 Å². The number of benzene rings is 1. The molecule has 0 radical (unpaired) electrons. The van der Waals surface area contributed by atoms with Crippen molar-refractivity contribution in [3.8, 4) is 5.75 Å². The molecule has 0 saturated heterocycles. The van der Waals surface area contributed by atoms with Crippen molar-refractivity contribution in [1.29, 1.82) is 0 Å². The lowest BCUT2D eigenvalue weighted by atomic mass is 10.1. The van der Waals surface area contributed by atoms with Crippen molar-refractivity contribution in [3.63, 3.8) is 0 Å². The summed E-state index contributed by atoms with van der Waals surface area (Å²) in [6.07, 6.45) is 6.75. The molecule has 2 rings (SSSR count). The van der Waals surface area contributed by atoms with Crippen LogP contribution in [0.5, 0.6) is 5.75 Å². The SMILES string of the molecule is CCOc1ccc(CC(=O)NCCCn2ccnc2)cc1. The molecule has 0 bridgehead atoms. The third-order valence-corrected chi connectivity index (χ3v) is 3.07. The van der Waals surface area contributed by atoms with E-state index >= 15 is 0 Å². The van der Waals surface area contributed by atoms with Crippen molar-refractivity contribution < 1.29 is 9.53 Å². The first-order valence-corrected chi connectivity index (χ1v) is 7.22. The van der Waals surface area contributed by atoms with Gasteiger partial charge in [-0.1, -0.05) is 12.1 Å². The number of carbonyl (C=O) groups excluding carboxylic acids is 1. The molecule has 1 amide bonds. The Labute approximate surface area is 125 Å². The molecule has 5 nitrogen and oxygen atoms in total. The van der Waals surface area contributed by atoms with E-state index in [0.29, 0.717) is 19.6 Å². The van der Waals surface area contributed by atoms with Crippen LogP contribution in [-0.2, 0) is 17.8 Å². The number of ether oxygens (including phenoxy) is 1. The molecule has 1 aromatic carbocycles. The summed E-state index contributed by atoms with van der Waals surface area (Å²) in [7, 11) is 0. The number of amides is 1. The number of carbonyl (C=O) groups is 1. The zero-order valence-corrected chi connectivity index (χ0v) is 12.3. The molecule has 0 atom stereocenters. The minimum Gasteiger partial charge on any atom is -0.494 e. The van der Waals surface area contributed by atoms with E-state index in [9.17, 15) is 4.79 Å². The number of imidazole rings is 1. The highest BCUT2D eigenvalue weighted by Crippen LogP contribution is 2.12. The van der Waals surface area contributed by atoms with Crippen LogP contribution in [0.15, 0.2) is 43.0 Å². The van der Waals surface area contributed by atoms with E-state index in [1.165, 1.54) is 0 Å². The Morgan fingerprint density at radius 3 is 2.81 bits per heavy atom. The highest BCUT2D eigenvalue weighted by Gasteiger charge is 2.03. The minimum atomic E-state index is 0.0461. The van der Waals surface area contributed by atoms with Crippen molar-refractivity contribution in [2.24, 2.45) is 0 Å². The Morgan fingerprint density at radius 2 is 2.14 bits per heavy atom. The minimum absolute atomic E-state index is 0.0461. The normalized spacial score (nSPS) is 10.3. The van der Waals surface area contributed by atoms with Crippen LogP contribution in [0.1, 0.15) is 18.9 Å². The number of aryl methyl sites for hydroxylation is 1. The van der Waals surface area contributed by atoms with Gasteiger partial charge in [0.1, 0.15) is 5.75 Å². The van der Waals surface area contributed by atoms with Crippen LogP contribution in [0, 0.1) is 0 Å². The van der Waals surface area contributed by atoms with E-state index in [1.807, 2.05) is 42.0 Å². The van der Waals surface area contributed by atoms with Gasteiger partial charge in [-0.15, -0.1) is 0 Å². The average Bonchev–Trinajstić information content (AvgIpc) is 2.99. The zero-order chi connectivity index (χ0) is 14.9. The lowest BCUT2D eigenvalue weighted by Gasteiger charge is -2.07. The number of aromatic nitrogens is 2. The molecule has 21 heavy (non-hydrogen) atoms. The summed E-state index contributed by atoms with van der Waals surface area (Å²) in [4.78, 5) is 15.8. The lowest BCUT2D eigenvalue weighted by Crippen LogP contribution is -2.26. The molecule has 1 aromatic heterocycles. The maximum absolute atomic E-state index is 11.8. The molecule has 5 heteroatoms. The summed E-state index contributed by atoms with van der Waals surface area (Å²) in [5.74, 6) is 0.881. The summed E-state index contributed by atoms with van der Waals surface area (Å²) in [6, 6.07) is 7.64. The average molecular weight is 287 g/mol.